The highest BCUT2D eigenvalue weighted by Crippen LogP contribution is 2.30. The standard InChI is InChI=1S/C22H26Cl2N2O3S/c1-4-21(26(30(3,28)29)20-12-18(23)11-19(24)13-20)22(27)25-14(2)16-9-8-15-6-5-7-17(15)10-16/h8-14,21H,4-7H2,1-3H3,(H,25,27)/t14-,21-/m0/s1. The number of carbonyl (C=O) groups is 1. The van der Waals surface area contributed by atoms with E-state index in [1.807, 2.05) is 13.0 Å². The Bertz CT molecular complexity index is 1040. The van der Waals surface area contributed by atoms with Crippen LogP contribution in [0.25, 0.3) is 0 Å². The van der Waals surface area contributed by atoms with Crippen LogP contribution >= 0.6 is 23.2 Å². The van der Waals surface area contributed by atoms with E-state index in [2.05, 4.69) is 17.4 Å². The molecule has 1 amide bonds. The molecule has 5 nitrogen and oxygen atoms in total. The van der Waals surface area contributed by atoms with Crippen LogP contribution in [-0.2, 0) is 27.7 Å². The molecule has 2 atom stereocenters. The molecule has 0 aliphatic heterocycles. The normalized spacial score (nSPS) is 15.4. The van der Waals surface area contributed by atoms with Gasteiger partial charge < -0.3 is 5.32 Å². The van der Waals surface area contributed by atoms with Crippen LogP contribution in [-0.4, -0.2) is 26.6 Å². The maximum Gasteiger partial charge on any atom is 0.244 e. The second-order valence-corrected chi connectivity index (χ2v) is 10.5. The van der Waals surface area contributed by atoms with Crippen LogP contribution in [0.15, 0.2) is 36.4 Å². The predicted octanol–water partition coefficient (Wildman–Crippen LogP) is 4.90. The number of halogens is 2. The number of nitrogens with zero attached hydrogens (tertiary/aromatic N) is 1. The summed E-state index contributed by atoms with van der Waals surface area (Å²) in [5.74, 6) is -0.368. The fourth-order valence-electron chi connectivity index (χ4n) is 3.98. The zero-order valence-electron chi connectivity index (χ0n) is 17.3. The van der Waals surface area contributed by atoms with Crippen molar-refractivity contribution in [3.63, 3.8) is 0 Å². The summed E-state index contributed by atoms with van der Waals surface area (Å²) in [6, 6.07) is 9.62. The second-order valence-electron chi connectivity index (χ2n) is 7.72. The molecule has 1 aliphatic carbocycles. The summed E-state index contributed by atoms with van der Waals surface area (Å²) in [6.45, 7) is 3.68. The fourth-order valence-corrected chi connectivity index (χ4v) is 5.69. The smallest absolute Gasteiger partial charge is 0.244 e. The van der Waals surface area contributed by atoms with Crippen molar-refractivity contribution in [1.82, 2.24) is 5.32 Å². The number of hydrogen-bond donors (Lipinski definition) is 1. The number of nitrogens with one attached hydrogen (secondary N) is 1. The molecular formula is C22H26Cl2N2O3S. The van der Waals surface area contributed by atoms with Crippen molar-refractivity contribution < 1.29 is 13.2 Å². The molecule has 0 spiro atoms. The highest BCUT2D eigenvalue weighted by atomic mass is 35.5. The van der Waals surface area contributed by atoms with Gasteiger partial charge in [0, 0.05) is 10.0 Å². The number of sulfonamides is 1. The van der Waals surface area contributed by atoms with E-state index in [0.29, 0.717) is 16.5 Å². The number of hydrogen-bond acceptors (Lipinski definition) is 3. The van der Waals surface area contributed by atoms with Gasteiger partial charge in [-0.15, -0.1) is 0 Å². The Kier molecular flexibility index (Phi) is 7.00. The molecule has 0 saturated carbocycles. The van der Waals surface area contributed by atoms with Gasteiger partial charge in [0.15, 0.2) is 0 Å². The van der Waals surface area contributed by atoms with E-state index in [9.17, 15) is 13.2 Å². The molecule has 0 saturated heterocycles. The molecule has 3 rings (SSSR count). The minimum absolute atomic E-state index is 0.248. The van der Waals surface area contributed by atoms with Gasteiger partial charge in [0.2, 0.25) is 15.9 Å². The molecule has 0 unspecified atom stereocenters. The van der Waals surface area contributed by atoms with Crippen molar-refractivity contribution in [2.24, 2.45) is 0 Å². The van der Waals surface area contributed by atoms with E-state index < -0.39 is 16.1 Å². The Labute approximate surface area is 188 Å². The van der Waals surface area contributed by atoms with Crippen molar-refractivity contribution in [2.45, 2.75) is 51.6 Å². The summed E-state index contributed by atoms with van der Waals surface area (Å²) < 4.78 is 26.3. The minimum atomic E-state index is -3.76. The first kappa shape index (κ1) is 22.9. The van der Waals surface area contributed by atoms with Gasteiger partial charge in [-0.3, -0.25) is 9.10 Å². The molecule has 1 N–H and O–H groups in total. The minimum Gasteiger partial charge on any atom is -0.348 e. The van der Waals surface area contributed by atoms with Crippen LogP contribution in [0.2, 0.25) is 10.0 Å². The summed E-state index contributed by atoms with van der Waals surface area (Å²) >= 11 is 12.2. The van der Waals surface area contributed by atoms with Crippen molar-refractivity contribution in [3.05, 3.63) is 63.1 Å². The number of carbonyl (C=O) groups excluding carboxylic acids is 1. The maximum absolute atomic E-state index is 13.1. The average Bonchev–Trinajstić information content (AvgIpc) is 3.11. The number of amides is 1. The van der Waals surface area contributed by atoms with Crippen molar-refractivity contribution >= 4 is 44.8 Å². The first-order valence-corrected chi connectivity index (χ1v) is 12.6. The number of benzene rings is 2. The van der Waals surface area contributed by atoms with Crippen molar-refractivity contribution in [3.8, 4) is 0 Å². The Morgan fingerprint density at radius 1 is 1.10 bits per heavy atom. The Morgan fingerprint density at radius 2 is 1.73 bits per heavy atom. The van der Waals surface area contributed by atoms with E-state index in [-0.39, 0.29) is 17.6 Å². The lowest BCUT2D eigenvalue weighted by Crippen LogP contribution is -2.49. The first-order valence-electron chi connectivity index (χ1n) is 9.97. The molecule has 30 heavy (non-hydrogen) atoms. The average molecular weight is 469 g/mol. The number of fused-ring (bicyclic) bond motifs is 1. The number of aryl methyl sites for hydroxylation is 2. The van der Waals surface area contributed by atoms with E-state index in [1.54, 1.807) is 6.92 Å². The monoisotopic (exact) mass is 468 g/mol. The first-order chi connectivity index (χ1) is 14.1. The van der Waals surface area contributed by atoms with Crippen LogP contribution < -0.4 is 9.62 Å². The molecule has 0 bridgehead atoms. The topological polar surface area (TPSA) is 66.5 Å². The van der Waals surface area contributed by atoms with Gasteiger partial charge in [-0.1, -0.05) is 48.3 Å². The van der Waals surface area contributed by atoms with Gasteiger partial charge in [0.05, 0.1) is 18.0 Å². The highest BCUT2D eigenvalue weighted by molar-refractivity contribution is 7.92. The van der Waals surface area contributed by atoms with E-state index in [4.69, 9.17) is 23.2 Å². The summed E-state index contributed by atoms with van der Waals surface area (Å²) in [4.78, 5) is 13.1. The van der Waals surface area contributed by atoms with Crippen molar-refractivity contribution in [1.29, 1.82) is 0 Å². The van der Waals surface area contributed by atoms with E-state index in [0.717, 1.165) is 35.4 Å². The number of rotatable bonds is 7. The Morgan fingerprint density at radius 3 is 2.33 bits per heavy atom. The SMILES string of the molecule is CC[C@@H](C(=O)N[C@@H](C)c1ccc2c(c1)CCC2)N(c1cc(Cl)cc(Cl)c1)S(C)(=O)=O. The van der Waals surface area contributed by atoms with Crippen LogP contribution in [0.4, 0.5) is 5.69 Å². The third-order valence-corrected chi connectivity index (χ3v) is 7.03. The van der Waals surface area contributed by atoms with Crippen LogP contribution in [0, 0.1) is 0 Å². The largest absolute Gasteiger partial charge is 0.348 e. The van der Waals surface area contributed by atoms with Crippen LogP contribution in [0.5, 0.6) is 0 Å². The molecule has 2 aromatic carbocycles. The van der Waals surface area contributed by atoms with Gasteiger partial charge in [0.25, 0.3) is 0 Å². The molecule has 0 fully saturated rings. The lowest BCUT2D eigenvalue weighted by atomic mass is 10.0. The molecule has 2 aromatic rings. The molecular weight excluding hydrogens is 443 g/mol. The summed E-state index contributed by atoms with van der Waals surface area (Å²) in [6.07, 6.45) is 4.67. The van der Waals surface area contributed by atoms with Gasteiger partial charge >= 0.3 is 0 Å². The molecule has 1 aliphatic rings. The lowest BCUT2D eigenvalue weighted by Gasteiger charge is -2.31. The lowest BCUT2D eigenvalue weighted by molar-refractivity contribution is -0.122. The van der Waals surface area contributed by atoms with Gasteiger partial charge in [-0.25, -0.2) is 8.42 Å². The maximum atomic E-state index is 13.1. The van der Waals surface area contributed by atoms with E-state index in [1.165, 1.54) is 29.3 Å². The quantitative estimate of drug-likeness (QED) is 0.627. The van der Waals surface area contributed by atoms with Crippen molar-refractivity contribution in [2.75, 3.05) is 10.6 Å². The molecule has 0 heterocycles. The Balaban J connectivity index is 1.87. The summed E-state index contributed by atoms with van der Waals surface area (Å²) in [5.41, 5.74) is 3.97. The second kappa shape index (κ2) is 9.16. The highest BCUT2D eigenvalue weighted by Gasteiger charge is 2.32. The molecule has 162 valence electrons. The summed E-state index contributed by atoms with van der Waals surface area (Å²) in [7, 11) is -3.76. The van der Waals surface area contributed by atoms with Crippen LogP contribution in [0.1, 0.15) is 49.4 Å². The zero-order chi connectivity index (χ0) is 22.1. The molecule has 8 heteroatoms. The zero-order valence-corrected chi connectivity index (χ0v) is 19.6. The Hall–Kier alpha value is -1.76. The third kappa shape index (κ3) is 5.10. The molecule has 0 radical (unpaired) electrons. The van der Waals surface area contributed by atoms with Gasteiger partial charge in [-0.2, -0.15) is 0 Å². The van der Waals surface area contributed by atoms with E-state index >= 15 is 0 Å². The fraction of sp³-hybridized carbons (Fsp3) is 0.409. The number of anilines is 1. The third-order valence-electron chi connectivity index (χ3n) is 5.41. The molecule has 0 aromatic heterocycles. The predicted molar refractivity (Wildman–Crippen MR) is 123 cm³/mol. The van der Waals surface area contributed by atoms with Gasteiger partial charge in [-0.05, 0) is 67.5 Å². The van der Waals surface area contributed by atoms with Gasteiger partial charge in [0.1, 0.15) is 6.04 Å². The van der Waals surface area contributed by atoms with Crippen LogP contribution in [0.3, 0.4) is 0 Å². The summed E-state index contributed by atoms with van der Waals surface area (Å²) in [5, 5.41) is 3.58.